The van der Waals surface area contributed by atoms with Crippen molar-refractivity contribution < 1.29 is 37.6 Å². The highest BCUT2D eigenvalue weighted by Gasteiger charge is 2.26. The molecular weight excluding hydrogens is 954 g/mol. The topological polar surface area (TPSA) is 134 Å². The van der Waals surface area contributed by atoms with Gasteiger partial charge >= 0.3 is 19.8 Å². The average molecular weight is 1060 g/mol. The molecule has 0 aromatic rings. The second-order valence-corrected chi connectivity index (χ2v) is 20.9. The van der Waals surface area contributed by atoms with Gasteiger partial charge in [0.1, 0.15) is 6.61 Å². The van der Waals surface area contributed by atoms with Crippen molar-refractivity contribution >= 4 is 19.8 Å². The van der Waals surface area contributed by atoms with E-state index in [0.29, 0.717) is 6.42 Å². The fraction of sp³-hybridized carbons (Fsp3) is 0.662. The van der Waals surface area contributed by atoms with Gasteiger partial charge in [-0.3, -0.25) is 18.6 Å². The predicted molar refractivity (Wildman–Crippen MR) is 321 cm³/mol. The molecule has 3 N–H and O–H groups in total. The van der Waals surface area contributed by atoms with E-state index in [2.05, 4.69) is 135 Å². The van der Waals surface area contributed by atoms with Crippen LogP contribution in [0.15, 0.2) is 122 Å². The van der Waals surface area contributed by atoms with Crippen LogP contribution in [0.25, 0.3) is 0 Å². The maximum absolute atomic E-state index is 12.7. The lowest BCUT2D eigenvalue weighted by atomic mass is 10.0. The first-order valence-electron chi connectivity index (χ1n) is 30.0. The Bertz CT molecular complexity index is 1640. The zero-order chi connectivity index (χ0) is 54.5. The van der Waals surface area contributed by atoms with Crippen LogP contribution >= 0.6 is 7.82 Å². The minimum absolute atomic E-state index is 0.0462. The lowest BCUT2D eigenvalue weighted by molar-refractivity contribution is -0.161. The van der Waals surface area contributed by atoms with Crippen molar-refractivity contribution in [3.05, 3.63) is 122 Å². The van der Waals surface area contributed by atoms with Crippen LogP contribution in [0, 0.1) is 0 Å². The van der Waals surface area contributed by atoms with Gasteiger partial charge in [-0.25, -0.2) is 4.57 Å². The van der Waals surface area contributed by atoms with E-state index in [1.165, 1.54) is 103 Å². The molecule has 10 heteroatoms. The van der Waals surface area contributed by atoms with Crippen molar-refractivity contribution in [3.8, 4) is 0 Å². The molecule has 0 bridgehead atoms. The summed E-state index contributed by atoms with van der Waals surface area (Å²) in [7, 11) is -4.40. The Kier molecular flexibility index (Phi) is 56.8. The zero-order valence-electron chi connectivity index (χ0n) is 47.7. The molecule has 0 aliphatic carbocycles. The third kappa shape index (κ3) is 59.5. The molecule has 428 valence electrons. The van der Waals surface area contributed by atoms with E-state index in [1.807, 2.05) is 0 Å². The number of carbonyl (C=O) groups excluding carboxylic acids is 2. The van der Waals surface area contributed by atoms with Crippen LogP contribution in [0.4, 0.5) is 0 Å². The van der Waals surface area contributed by atoms with Crippen molar-refractivity contribution in [1.29, 1.82) is 0 Å². The predicted octanol–water partition coefficient (Wildman–Crippen LogP) is 19.2. The number of hydrogen-bond donors (Lipinski definition) is 2. The maximum atomic E-state index is 12.7. The molecule has 75 heavy (non-hydrogen) atoms. The van der Waals surface area contributed by atoms with Gasteiger partial charge in [0.2, 0.25) is 0 Å². The summed E-state index contributed by atoms with van der Waals surface area (Å²) in [5, 5.41) is 0. The van der Waals surface area contributed by atoms with Crippen LogP contribution < -0.4 is 5.73 Å². The molecule has 2 unspecified atom stereocenters. The van der Waals surface area contributed by atoms with E-state index in [-0.39, 0.29) is 38.6 Å². The highest BCUT2D eigenvalue weighted by Crippen LogP contribution is 2.43. The molecule has 0 aliphatic heterocycles. The van der Waals surface area contributed by atoms with Crippen LogP contribution in [-0.2, 0) is 32.7 Å². The Morgan fingerprint density at radius 3 is 1.03 bits per heavy atom. The third-order valence-electron chi connectivity index (χ3n) is 12.3. The minimum atomic E-state index is -4.40. The Morgan fingerprint density at radius 2 is 0.693 bits per heavy atom. The Morgan fingerprint density at radius 1 is 0.400 bits per heavy atom. The first-order chi connectivity index (χ1) is 36.8. The Hall–Kier alpha value is -3.59. The highest BCUT2D eigenvalue weighted by atomic mass is 31.2. The van der Waals surface area contributed by atoms with Gasteiger partial charge < -0.3 is 20.1 Å². The summed E-state index contributed by atoms with van der Waals surface area (Å²) >= 11 is 0. The highest BCUT2D eigenvalue weighted by molar-refractivity contribution is 7.47. The van der Waals surface area contributed by atoms with Crippen LogP contribution in [0.1, 0.15) is 245 Å². The fourth-order valence-corrected chi connectivity index (χ4v) is 8.75. The summed E-state index contributed by atoms with van der Waals surface area (Å²) < 4.78 is 33.1. The van der Waals surface area contributed by atoms with Gasteiger partial charge in [-0.05, 0) is 103 Å². The standard InChI is InChI=1S/C65H110NO8P/c1-3-5-7-9-11-13-15-17-19-21-23-25-27-29-31-33-35-37-39-41-43-45-47-49-51-53-55-57-64(67)71-61-63(62-73-75(69,70)72-60-59-66)74-65(68)58-56-54-52-50-48-46-44-42-40-38-36-34-32-30-28-26-24-22-20-18-16-14-12-10-8-6-4-2/h5-8,11-14,17-20,23-26,30,32,36,38,63H,3-4,9-10,15-16,21-22,27-29,31,33-35,37,39-62,66H2,1-2H3,(H,69,70)/b7-5-,8-6-,13-11-,14-12-,19-17-,20-18-,25-23-,26-24-,32-30-,38-36-. The molecule has 2 atom stereocenters. The van der Waals surface area contributed by atoms with Crippen LogP contribution in [0.3, 0.4) is 0 Å². The van der Waals surface area contributed by atoms with Crippen molar-refractivity contribution in [2.45, 2.75) is 251 Å². The first kappa shape index (κ1) is 71.4. The fourth-order valence-electron chi connectivity index (χ4n) is 7.98. The van der Waals surface area contributed by atoms with E-state index in [1.54, 1.807) is 0 Å². The monoisotopic (exact) mass is 1060 g/mol. The lowest BCUT2D eigenvalue weighted by Gasteiger charge is -2.19. The number of rotatable bonds is 55. The number of nitrogens with two attached hydrogens (primary N) is 1. The minimum Gasteiger partial charge on any atom is -0.462 e. The van der Waals surface area contributed by atoms with Crippen LogP contribution in [0.2, 0.25) is 0 Å². The Balaban J connectivity index is 4.00. The van der Waals surface area contributed by atoms with Gasteiger partial charge in [0.05, 0.1) is 13.2 Å². The van der Waals surface area contributed by atoms with Gasteiger partial charge in [-0.1, -0.05) is 251 Å². The van der Waals surface area contributed by atoms with Gasteiger partial charge in [-0.2, -0.15) is 0 Å². The summed E-state index contributed by atoms with van der Waals surface area (Å²) in [5.74, 6) is -0.841. The number of unbranched alkanes of at least 4 members (excludes halogenated alkanes) is 22. The van der Waals surface area contributed by atoms with Gasteiger partial charge in [-0.15, -0.1) is 0 Å². The van der Waals surface area contributed by atoms with E-state index >= 15 is 0 Å². The molecule has 0 fully saturated rings. The molecule has 0 aliphatic rings. The number of esters is 2. The van der Waals surface area contributed by atoms with E-state index < -0.39 is 26.5 Å². The molecule has 0 radical (unpaired) electrons. The van der Waals surface area contributed by atoms with Crippen molar-refractivity contribution in [2.75, 3.05) is 26.4 Å². The molecule has 0 aromatic carbocycles. The van der Waals surface area contributed by atoms with Gasteiger partial charge in [0, 0.05) is 19.4 Å². The second kappa shape index (κ2) is 59.7. The molecule has 9 nitrogen and oxygen atoms in total. The molecule has 0 aromatic heterocycles. The lowest BCUT2D eigenvalue weighted by Crippen LogP contribution is -2.29. The second-order valence-electron chi connectivity index (χ2n) is 19.5. The SMILES string of the molecule is CC/C=C\C/C=C\C/C=C\C/C=C\C/C=C\C/C=C\CCCCCCCCCCC(=O)OC(COC(=O)CCCCCCCCCCCCCCCC/C=C\C/C=C\C/C=C\C/C=C\CC)COP(=O)(O)OCCN. The largest absolute Gasteiger partial charge is 0.472 e. The van der Waals surface area contributed by atoms with Crippen molar-refractivity contribution in [1.82, 2.24) is 0 Å². The summed E-state index contributed by atoms with van der Waals surface area (Å²) in [6, 6.07) is 0. The molecule has 0 rings (SSSR count). The van der Waals surface area contributed by atoms with Gasteiger partial charge in [0.25, 0.3) is 0 Å². The normalized spacial score (nSPS) is 13.9. The summed E-state index contributed by atoms with van der Waals surface area (Å²) in [6.45, 7) is 3.51. The number of ether oxygens (including phenoxy) is 2. The molecular formula is C65H110NO8P. The van der Waals surface area contributed by atoms with E-state index in [0.717, 1.165) is 109 Å². The number of carbonyl (C=O) groups is 2. The number of allylic oxidation sites excluding steroid dienone is 20. The number of phosphoric acid groups is 1. The van der Waals surface area contributed by atoms with Gasteiger partial charge in [0.15, 0.2) is 6.10 Å². The smallest absolute Gasteiger partial charge is 0.462 e. The molecule has 0 saturated heterocycles. The summed E-state index contributed by atoms with van der Waals surface area (Å²) in [4.78, 5) is 35.2. The summed E-state index contributed by atoms with van der Waals surface area (Å²) in [6.07, 6.45) is 82.5. The molecule has 0 heterocycles. The van der Waals surface area contributed by atoms with Crippen molar-refractivity contribution in [2.24, 2.45) is 5.73 Å². The Labute approximate surface area is 460 Å². The van der Waals surface area contributed by atoms with Crippen LogP contribution in [0.5, 0.6) is 0 Å². The quantitative estimate of drug-likeness (QED) is 0.0264. The molecule has 0 amide bonds. The summed E-state index contributed by atoms with van der Waals surface area (Å²) in [5.41, 5.74) is 5.39. The number of hydrogen-bond acceptors (Lipinski definition) is 8. The first-order valence-corrected chi connectivity index (χ1v) is 31.5. The van der Waals surface area contributed by atoms with E-state index in [9.17, 15) is 19.0 Å². The molecule has 0 spiro atoms. The maximum Gasteiger partial charge on any atom is 0.472 e. The third-order valence-corrected chi connectivity index (χ3v) is 13.3. The van der Waals surface area contributed by atoms with Crippen LogP contribution in [-0.4, -0.2) is 49.3 Å². The molecule has 0 saturated carbocycles. The van der Waals surface area contributed by atoms with E-state index in [4.69, 9.17) is 24.3 Å². The average Bonchev–Trinajstić information content (AvgIpc) is 3.40. The number of phosphoric ester groups is 1. The zero-order valence-corrected chi connectivity index (χ0v) is 48.6. The van der Waals surface area contributed by atoms with Crippen molar-refractivity contribution in [3.63, 3.8) is 0 Å².